The molecular formula is C15H17BrN2S. The van der Waals surface area contributed by atoms with Gasteiger partial charge < -0.3 is 5.32 Å². The Balaban J connectivity index is 1.64. The topological polar surface area (TPSA) is 15.3 Å². The van der Waals surface area contributed by atoms with Crippen molar-refractivity contribution in [1.82, 2.24) is 4.90 Å². The van der Waals surface area contributed by atoms with Crippen molar-refractivity contribution in [3.05, 3.63) is 50.1 Å². The second-order valence-electron chi connectivity index (χ2n) is 5.10. The molecule has 4 heteroatoms. The summed E-state index contributed by atoms with van der Waals surface area (Å²) in [5.41, 5.74) is 5.53. The third-order valence-electron chi connectivity index (χ3n) is 3.41. The molecule has 0 unspecified atom stereocenters. The van der Waals surface area contributed by atoms with E-state index in [2.05, 4.69) is 62.8 Å². The van der Waals surface area contributed by atoms with Crippen molar-refractivity contribution in [1.29, 1.82) is 0 Å². The second-order valence-corrected chi connectivity index (χ2v) is 7.39. The number of fused-ring (bicyclic) bond motifs is 1. The lowest BCUT2D eigenvalue weighted by molar-refractivity contribution is 0.319. The Morgan fingerprint density at radius 3 is 2.89 bits per heavy atom. The second kappa shape index (κ2) is 5.65. The fourth-order valence-corrected chi connectivity index (χ4v) is 3.74. The Hall–Kier alpha value is -0.840. The molecule has 0 spiro atoms. The molecule has 0 saturated carbocycles. The van der Waals surface area contributed by atoms with Crippen LogP contribution in [0.1, 0.15) is 16.7 Å². The van der Waals surface area contributed by atoms with Gasteiger partial charge in [0.25, 0.3) is 0 Å². The molecule has 1 aliphatic rings. The summed E-state index contributed by atoms with van der Waals surface area (Å²) >= 11 is 5.26. The van der Waals surface area contributed by atoms with Crippen molar-refractivity contribution in [3.8, 4) is 0 Å². The van der Waals surface area contributed by atoms with Gasteiger partial charge in [0, 0.05) is 25.3 Å². The van der Waals surface area contributed by atoms with Gasteiger partial charge in [-0.2, -0.15) is 0 Å². The van der Waals surface area contributed by atoms with E-state index in [1.165, 1.54) is 26.2 Å². The van der Waals surface area contributed by atoms with Crippen molar-refractivity contribution in [2.75, 3.05) is 18.9 Å². The number of hydrogen-bond donors (Lipinski definition) is 1. The number of halogens is 1. The molecule has 0 aliphatic carbocycles. The molecule has 1 N–H and O–H groups in total. The summed E-state index contributed by atoms with van der Waals surface area (Å²) in [5.74, 6) is 0. The maximum absolute atomic E-state index is 3.51. The Morgan fingerprint density at radius 1 is 1.26 bits per heavy atom. The summed E-state index contributed by atoms with van der Waals surface area (Å²) in [5, 5.41) is 5.66. The minimum atomic E-state index is 0.989. The fraction of sp³-hybridized carbons (Fsp3) is 0.333. The van der Waals surface area contributed by atoms with E-state index in [-0.39, 0.29) is 0 Å². The number of nitrogens with one attached hydrogen (secondary N) is 1. The molecular weight excluding hydrogens is 320 g/mol. The molecule has 0 atom stereocenters. The molecule has 19 heavy (non-hydrogen) atoms. The smallest absolute Gasteiger partial charge is 0.0701 e. The van der Waals surface area contributed by atoms with Gasteiger partial charge in [-0.15, -0.1) is 11.3 Å². The predicted molar refractivity (Wildman–Crippen MR) is 85.8 cm³/mol. The summed E-state index contributed by atoms with van der Waals surface area (Å²) in [6.07, 6.45) is 1.16. The van der Waals surface area contributed by atoms with Crippen molar-refractivity contribution in [3.63, 3.8) is 0 Å². The molecule has 1 aromatic heterocycles. The standard InChI is InChI=1S/C15H17BrN2S/c1-18(9-12-7-15(16)19-10-12)8-11-2-3-13-4-5-17-14(13)6-11/h2-3,6-7,10,17H,4-5,8-9H2,1H3. The van der Waals surface area contributed by atoms with Crippen LogP contribution in [0.3, 0.4) is 0 Å². The van der Waals surface area contributed by atoms with Crippen LogP contribution in [-0.4, -0.2) is 18.5 Å². The van der Waals surface area contributed by atoms with Gasteiger partial charge in [0.1, 0.15) is 0 Å². The van der Waals surface area contributed by atoms with Crippen LogP contribution in [0.4, 0.5) is 5.69 Å². The van der Waals surface area contributed by atoms with Crippen molar-refractivity contribution < 1.29 is 0 Å². The highest BCUT2D eigenvalue weighted by Crippen LogP contribution is 2.25. The van der Waals surface area contributed by atoms with E-state index in [4.69, 9.17) is 0 Å². The van der Waals surface area contributed by atoms with E-state index in [0.29, 0.717) is 0 Å². The lowest BCUT2D eigenvalue weighted by Crippen LogP contribution is -2.16. The third-order valence-corrected chi connectivity index (χ3v) is 4.96. The Kier molecular flexibility index (Phi) is 3.91. The van der Waals surface area contributed by atoms with Gasteiger partial charge in [-0.05, 0) is 63.6 Å². The molecule has 0 radical (unpaired) electrons. The van der Waals surface area contributed by atoms with E-state index in [1.54, 1.807) is 11.3 Å². The summed E-state index contributed by atoms with van der Waals surface area (Å²) in [4.78, 5) is 2.35. The van der Waals surface area contributed by atoms with E-state index >= 15 is 0 Å². The Bertz CT molecular complexity index is 579. The van der Waals surface area contributed by atoms with Gasteiger partial charge in [0.05, 0.1) is 3.79 Å². The zero-order valence-electron chi connectivity index (χ0n) is 10.9. The quantitative estimate of drug-likeness (QED) is 0.903. The van der Waals surface area contributed by atoms with E-state index in [0.717, 1.165) is 26.1 Å². The molecule has 3 rings (SSSR count). The van der Waals surface area contributed by atoms with Crippen LogP contribution in [0.2, 0.25) is 0 Å². The fourth-order valence-electron chi connectivity index (χ4n) is 2.54. The number of nitrogens with zero attached hydrogens (tertiary/aromatic N) is 1. The van der Waals surface area contributed by atoms with Crippen LogP contribution in [0.15, 0.2) is 33.4 Å². The minimum absolute atomic E-state index is 0.989. The third kappa shape index (κ3) is 3.19. The van der Waals surface area contributed by atoms with Crippen LogP contribution in [0.5, 0.6) is 0 Å². The monoisotopic (exact) mass is 336 g/mol. The lowest BCUT2D eigenvalue weighted by atomic mass is 10.1. The maximum Gasteiger partial charge on any atom is 0.0701 e. The summed E-state index contributed by atoms with van der Waals surface area (Å²) in [7, 11) is 2.17. The predicted octanol–water partition coefficient (Wildman–Crippen LogP) is 4.11. The molecule has 0 bridgehead atoms. The summed E-state index contributed by atoms with van der Waals surface area (Å²) in [6, 6.07) is 9.01. The molecule has 2 nitrogen and oxygen atoms in total. The van der Waals surface area contributed by atoms with E-state index in [1.807, 2.05) is 0 Å². The number of benzene rings is 1. The van der Waals surface area contributed by atoms with Crippen LogP contribution < -0.4 is 5.32 Å². The van der Waals surface area contributed by atoms with Gasteiger partial charge in [-0.3, -0.25) is 4.90 Å². The number of hydrogen-bond acceptors (Lipinski definition) is 3. The van der Waals surface area contributed by atoms with Gasteiger partial charge >= 0.3 is 0 Å². The van der Waals surface area contributed by atoms with Gasteiger partial charge in [-0.1, -0.05) is 12.1 Å². The Morgan fingerprint density at radius 2 is 2.11 bits per heavy atom. The molecule has 0 saturated heterocycles. The first-order chi connectivity index (χ1) is 9.20. The normalized spacial score (nSPS) is 13.6. The minimum Gasteiger partial charge on any atom is -0.384 e. The first-order valence-corrected chi connectivity index (χ1v) is 8.15. The van der Waals surface area contributed by atoms with Gasteiger partial charge in [-0.25, -0.2) is 0 Å². The highest BCUT2D eigenvalue weighted by Gasteiger charge is 2.11. The first kappa shape index (κ1) is 13.2. The van der Waals surface area contributed by atoms with Crippen LogP contribution >= 0.6 is 27.3 Å². The average Bonchev–Trinajstić information content (AvgIpc) is 2.97. The van der Waals surface area contributed by atoms with Crippen LogP contribution in [0.25, 0.3) is 0 Å². The number of anilines is 1. The maximum atomic E-state index is 3.51. The highest BCUT2D eigenvalue weighted by atomic mass is 79.9. The number of thiophene rings is 1. The molecule has 2 heterocycles. The molecule has 2 aromatic rings. The lowest BCUT2D eigenvalue weighted by Gasteiger charge is -2.16. The van der Waals surface area contributed by atoms with E-state index in [9.17, 15) is 0 Å². The highest BCUT2D eigenvalue weighted by molar-refractivity contribution is 9.11. The molecule has 0 fully saturated rings. The molecule has 1 aliphatic heterocycles. The van der Waals surface area contributed by atoms with Crippen molar-refractivity contribution in [2.24, 2.45) is 0 Å². The zero-order valence-corrected chi connectivity index (χ0v) is 13.4. The zero-order chi connectivity index (χ0) is 13.2. The molecule has 1 aromatic carbocycles. The number of rotatable bonds is 4. The summed E-state index contributed by atoms with van der Waals surface area (Å²) < 4.78 is 1.21. The van der Waals surface area contributed by atoms with Crippen molar-refractivity contribution in [2.45, 2.75) is 19.5 Å². The SMILES string of the molecule is CN(Cc1csc(Br)c1)Cc1ccc2c(c1)NCC2. The largest absolute Gasteiger partial charge is 0.384 e. The molecule has 0 amide bonds. The van der Waals surface area contributed by atoms with Crippen LogP contribution in [-0.2, 0) is 19.5 Å². The van der Waals surface area contributed by atoms with Gasteiger partial charge in [0.2, 0.25) is 0 Å². The summed E-state index contributed by atoms with van der Waals surface area (Å²) in [6.45, 7) is 3.06. The van der Waals surface area contributed by atoms with Crippen molar-refractivity contribution >= 4 is 33.0 Å². The average molecular weight is 337 g/mol. The van der Waals surface area contributed by atoms with E-state index < -0.39 is 0 Å². The first-order valence-electron chi connectivity index (χ1n) is 6.48. The van der Waals surface area contributed by atoms with Crippen LogP contribution in [0, 0.1) is 0 Å². The molecule has 100 valence electrons. The Labute approximate surface area is 126 Å². The van der Waals surface area contributed by atoms with Gasteiger partial charge in [0.15, 0.2) is 0 Å².